The predicted octanol–water partition coefficient (Wildman–Crippen LogP) is 3.01. The number of fused-ring (bicyclic) bond motifs is 1. The molecule has 2 amide bonds. The van der Waals surface area contributed by atoms with Crippen molar-refractivity contribution in [3.05, 3.63) is 53.0 Å². The van der Waals surface area contributed by atoms with Gasteiger partial charge in [0.2, 0.25) is 15.9 Å². The number of benzene rings is 2. The van der Waals surface area contributed by atoms with Gasteiger partial charge < -0.3 is 10.2 Å². The monoisotopic (exact) mass is 632 g/mol. The van der Waals surface area contributed by atoms with Gasteiger partial charge in [0.15, 0.2) is 15.1 Å². The number of carbonyl (C=O) groups excluding carboxylic acids is 2. The van der Waals surface area contributed by atoms with Crippen LogP contribution in [0.3, 0.4) is 0 Å². The van der Waals surface area contributed by atoms with Gasteiger partial charge in [-0.3, -0.25) is 9.59 Å². The van der Waals surface area contributed by atoms with Gasteiger partial charge in [-0.05, 0) is 48.2 Å². The summed E-state index contributed by atoms with van der Waals surface area (Å²) in [6, 6.07) is 12.0. The van der Waals surface area contributed by atoms with Gasteiger partial charge in [-0.1, -0.05) is 18.2 Å². The fraction of sp³-hybridized carbons (Fsp3) is 0.400. The first-order valence-corrected chi connectivity index (χ1v) is 16.7. The number of alkyl halides is 3. The lowest BCUT2D eigenvalue weighted by atomic mass is 10.0. The number of aromatic nitrogens is 1. The molecule has 0 bridgehead atoms. The van der Waals surface area contributed by atoms with Gasteiger partial charge in [-0.2, -0.15) is 13.2 Å². The van der Waals surface area contributed by atoms with E-state index in [2.05, 4.69) is 10.3 Å². The lowest BCUT2D eigenvalue weighted by Gasteiger charge is -2.16. The van der Waals surface area contributed by atoms with E-state index in [1.54, 1.807) is 47.4 Å². The summed E-state index contributed by atoms with van der Waals surface area (Å²) < 4.78 is 87.4. The molecule has 0 spiro atoms. The molecular weight excluding hydrogens is 605 g/mol. The van der Waals surface area contributed by atoms with E-state index in [0.29, 0.717) is 40.0 Å². The molecule has 3 aromatic rings. The van der Waals surface area contributed by atoms with Crippen molar-refractivity contribution in [1.82, 2.24) is 15.2 Å². The molecule has 0 radical (unpaired) electrons. The number of hydrogen-bond donors (Lipinski definition) is 2. The van der Waals surface area contributed by atoms with Crippen LogP contribution in [0, 0.1) is 0 Å². The third-order valence-corrected chi connectivity index (χ3v) is 10.4. The summed E-state index contributed by atoms with van der Waals surface area (Å²) in [6.07, 6.45) is -4.55. The Kier molecular flexibility index (Phi) is 9.06. The highest BCUT2D eigenvalue weighted by atomic mass is 32.2. The Hall–Kier alpha value is -3.08. The number of thiazole rings is 1. The smallest absolute Gasteiger partial charge is 0.354 e. The highest BCUT2D eigenvalue weighted by molar-refractivity contribution is 7.92. The Morgan fingerprint density at radius 1 is 1.02 bits per heavy atom. The summed E-state index contributed by atoms with van der Waals surface area (Å²) in [5.74, 6) is -3.34. The van der Waals surface area contributed by atoms with E-state index in [0.717, 1.165) is 24.2 Å². The van der Waals surface area contributed by atoms with Crippen molar-refractivity contribution in [2.24, 2.45) is 5.14 Å². The van der Waals surface area contributed by atoms with Crippen LogP contribution in [0.4, 0.5) is 13.2 Å². The van der Waals surface area contributed by atoms with E-state index in [1.807, 2.05) is 0 Å². The summed E-state index contributed by atoms with van der Waals surface area (Å²) in [5.41, 5.74) is 2.22. The molecule has 0 aliphatic carbocycles. The van der Waals surface area contributed by atoms with Crippen LogP contribution in [-0.2, 0) is 24.7 Å². The number of sulfonamides is 1. The van der Waals surface area contributed by atoms with Gasteiger partial charge >= 0.3 is 6.18 Å². The van der Waals surface area contributed by atoms with Crippen LogP contribution in [0.5, 0.6) is 0 Å². The Bertz CT molecular complexity index is 1670. The van der Waals surface area contributed by atoms with E-state index >= 15 is 0 Å². The molecule has 3 N–H and O–H groups in total. The first-order valence-electron chi connectivity index (χ1n) is 12.5. The van der Waals surface area contributed by atoms with Crippen LogP contribution in [0.1, 0.15) is 39.9 Å². The Morgan fingerprint density at radius 2 is 1.71 bits per heavy atom. The van der Waals surface area contributed by atoms with Crippen molar-refractivity contribution in [3.8, 4) is 11.1 Å². The summed E-state index contributed by atoms with van der Waals surface area (Å²) >= 11 is 0.822. The van der Waals surface area contributed by atoms with Gasteiger partial charge in [-0.25, -0.2) is 27.0 Å². The maximum atomic E-state index is 13.0. The predicted molar refractivity (Wildman–Crippen MR) is 148 cm³/mol. The number of nitrogens with one attached hydrogen (secondary N) is 1. The number of likely N-dealkylation sites (tertiary alicyclic amines) is 1. The second kappa shape index (κ2) is 12.0. The van der Waals surface area contributed by atoms with Crippen LogP contribution < -0.4 is 10.5 Å². The number of halogens is 3. The van der Waals surface area contributed by atoms with Crippen molar-refractivity contribution in [2.75, 3.05) is 31.1 Å². The number of amides is 2. The van der Waals surface area contributed by atoms with Crippen molar-refractivity contribution in [2.45, 2.75) is 30.7 Å². The van der Waals surface area contributed by atoms with Crippen molar-refractivity contribution < 1.29 is 39.6 Å². The largest absolute Gasteiger partial charge is 0.390 e. The van der Waals surface area contributed by atoms with Gasteiger partial charge in [0.1, 0.15) is 5.01 Å². The number of carbonyl (C=O) groups is 2. The normalized spacial score (nSPS) is 15.3. The van der Waals surface area contributed by atoms with Crippen LogP contribution >= 0.6 is 11.3 Å². The SMILES string of the molecule is NS(=O)(=O)CCNC(=O)C(c1nc2ccc(-c3cccc(C(=O)N4CCCC4)c3)cc2s1)S(=O)(=O)CCC(F)(F)F. The molecule has 2 aromatic carbocycles. The molecule has 41 heavy (non-hydrogen) atoms. The fourth-order valence-electron chi connectivity index (χ4n) is 4.38. The van der Waals surface area contributed by atoms with Gasteiger partial charge in [0, 0.05) is 25.2 Å². The average Bonchev–Trinajstić information content (AvgIpc) is 3.56. The topological polar surface area (TPSA) is 157 Å². The van der Waals surface area contributed by atoms with E-state index in [9.17, 15) is 39.6 Å². The lowest BCUT2D eigenvalue weighted by Crippen LogP contribution is -2.38. The molecule has 16 heteroatoms. The number of sulfone groups is 1. The molecule has 1 aliphatic heterocycles. The molecule has 0 saturated carbocycles. The van der Waals surface area contributed by atoms with Crippen LogP contribution in [0.25, 0.3) is 21.3 Å². The first kappa shape index (κ1) is 30.9. The van der Waals surface area contributed by atoms with Gasteiger partial charge in [0.25, 0.3) is 5.91 Å². The van der Waals surface area contributed by atoms with E-state index in [-0.39, 0.29) is 10.9 Å². The maximum Gasteiger partial charge on any atom is 0.390 e. The summed E-state index contributed by atoms with van der Waals surface area (Å²) in [7, 11) is -8.70. The summed E-state index contributed by atoms with van der Waals surface area (Å²) in [6.45, 7) is 0.854. The van der Waals surface area contributed by atoms with Crippen LogP contribution in [0.2, 0.25) is 0 Å². The molecule has 1 saturated heterocycles. The summed E-state index contributed by atoms with van der Waals surface area (Å²) in [5, 5.41) is 4.69. The highest BCUT2D eigenvalue weighted by Gasteiger charge is 2.40. The minimum atomic E-state index is -4.78. The Balaban J connectivity index is 1.66. The molecule has 10 nitrogen and oxygen atoms in total. The quantitative estimate of drug-likeness (QED) is 0.348. The Labute approximate surface area is 238 Å². The minimum absolute atomic E-state index is 0.0779. The van der Waals surface area contributed by atoms with Crippen molar-refractivity contribution in [1.29, 1.82) is 0 Å². The minimum Gasteiger partial charge on any atom is -0.354 e. The maximum absolute atomic E-state index is 13.0. The van der Waals surface area contributed by atoms with Crippen molar-refractivity contribution in [3.63, 3.8) is 0 Å². The molecule has 1 unspecified atom stereocenters. The average molecular weight is 633 g/mol. The number of rotatable bonds is 10. The fourth-order valence-corrected chi connectivity index (χ4v) is 7.86. The zero-order chi connectivity index (χ0) is 30.0. The van der Waals surface area contributed by atoms with E-state index in [1.165, 1.54) is 0 Å². The molecule has 1 aromatic heterocycles. The molecule has 4 rings (SSSR count). The zero-order valence-electron chi connectivity index (χ0n) is 21.6. The van der Waals surface area contributed by atoms with E-state index in [4.69, 9.17) is 5.14 Å². The highest BCUT2D eigenvalue weighted by Crippen LogP contribution is 2.35. The van der Waals surface area contributed by atoms with Crippen LogP contribution in [-0.4, -0.2) is 75.9 Å². The van der Waals surface area contributed by atoms with Crippen molar-refractivity contribution >= 4 is 53.2 Å². The second-order valence-corrected chi connectivity index (χ2v) is 14.6. The summed E-state index contributed by atoms with van der Waals surface area (Å²) in [4.78, 5) is 31.7. The first-order chi connectivity index (χ1) is 19.1. The molecule has 1 aliphatic rings. The molecule has 1 atom stereocenters. The lowest BCUT2D eigenvalue weighted by molar-refractivity contribution is -0.130. The van der Waals surface area contributed by atoms with Crippen LogP contribution in [0.15, 0.2) is 42.5 Å². The molecule has 222 valence electrons. The number of nitrogens with two attached hydrogens (primary N) is 1. The second-order valence-electron chi connectivity index (χ2n) is 9.58. The number of nitrogens with zero attached hydrogens (tertiary/aromatic N) is 2. The van der Waals surface area contributed by atoms with E-state index < -0.39 is 61.7 Å². The molecular formula is C25H27F3N4O6S3. The number of primary sulfonamides is 1. The van der Waals surface area contributed by atoms with Gasteiger partial charge in [0.05, 0.1) is 28.1 Å². The molecule has 1 fully saturated rings. The third kappa shape index (κ3) is 8.02. The molecule has 2 heterocycles. The Morgan fingerprint density at radius 3 is 2.37 bits per heavy atom. The van der Waals surface area contributed by atoms with Gasteiger partial charge in [-0.15, -0.1) is 11.3 Å². The third-order valence-electron chi connectivity index (χ3n) is 6.42. The number of hydrogen-bond acceptors (Lipinski definition) is 8. The zero-order valence-corrected chi connectivity index (χ0v) is 24.0. The standard InChI is InChI=1S/C25H27F3N4O6S3/c26-25(27,28)8-12-40(35,36)21(22(33)30-9-13-41(29,37)38)23-31-19-7-6-17(15-20(19)39-23)16-4-3-5-18(14-16)24(34)32-10-1-2-11-32/h3-7,14-15,21H,1-2,8-13H2,(H,30,33)(H2,29,37,38).